The van der Waals surface area contributed by atoms with E-state index < -0.39 is 11.9 Å². The predicted molar refractivity (Wildman–Crippen MR) is 51.4 cm³/mol. The van der Waals surface area contributed by atoms with Gasteiger partial charge >= 0.3 is 5.97 Å². The zero-order valence-electron chi connectivity index (χ0n) is 8.47. The topological polar surface area (TPSA) is 55.8 Å². The third kappa shape index (κ3) is 3.07. The van der Waals surface area contributed by atoms with E-state index in [1.807, 2.05) is 0 Å². The minimum absolute atomic E-state index is 0.348. The van der Waals surface area contributed by atoms with Crippen molar-refractivity contribution < 1.29 is 19.3 Å². The van der Waals surface area contributed by atoms with Crippen molar-refractivity contribution in [3.8, 4) is 0 Å². The number of amides is 1. The number of hydrogen-bond acceptors (Lipinski definition) is 4. The largest absolute Gasteiger partial charge is 0.366 e. The maximum absolute atomic E-state index is 11.4. The van der Waals surface area contributed by atoms with E-state index in [0.717, 1.165) is 0 Å². The maximum Gasteiger partial charge on any atom is 0.366 e. The summed E-state index contributed by atoms with van der Waals surface area (Å²) >= 11 is 0. The minimum atomic E-state index is -0.646. The van der Waals surface area contributed by atoms with Gasteiger partial charge < -0.3 is 4.84 Å². The second-order valence-corrected chi connectivity index (χ2v) is 2.70. The first kappa shape index (κ1) is 11.2. The normalized spacial score (nSPS) is 9.47. The van der Waals surface area contributed by atoms with Crippen LogP contribution in [0.15, 0.2) is 30.3 Å². The Labute approximate surface area is 87.1 Å². The molecular weight excluding hydrogens is 198 g/mol. The predicted octanol–water partition coefficient (Wildman–Crippen LogP) is 1.17. The Morgan fingerprint density at radius 3 is 2.27 bits per heavy atom. The molecule has 5 heteroatoms. The molecule has 0 fully saturated rings. The first-order valence-corrected chi connectivity index (χ1v) is 4.27. The van der Waals surface area contributed by atoms with Gasteiger partial charge in [0.1, 0.15) is 0 Å². The molecule has 0 aliphatic rings. The first-order valence-electron chi connectivity index (χ1n) is 4.27. The molecule has 80 valence electrons. The van der Waals surface area contributed by atoms with Crippen molar-refractivity contribution in [2.24, 2.45) is 0 Å². The SMILES string of the molecule is CON(OC(=O)c1ccccc1)C(C)=O. The molecule has 0 aliphatic heterocycles. The van der Waals surface area contributed by atoms with Gasteiger partial charge in [0.05, 0.1) is 12.7 Å². The molecule has 0 aromatic heterocycles. The standard InChI is InChI=1S/C10H11NO4/c1-8(12)11(14-2)15-10(13)9-6-4-3-5-7-9/h3-7H,1-2H3. The third-order valence-electron chi connectivity index (χ3n) is 1.60. The van der Waals surface area contributed by atoms with Crippen LogP contribution in [-0.4, -0.2) is 24.2 Å². The summed E-state index contributed by atoms with van der Waals surface area (Å²) in [6, 6.07) is 8.32. The molecule has 0 aliphatic carbocycles. The Balaban J connectivity index is 2.67. The van der Waals surface area contributed by atoms with Crippen molar-refractivity contribution in [3.05, 3.63) is 35.9 Å². The number of hydrogen-bond donors (Lipinski definition) is 0. The minimum Gasteiger partial charge on any atom is -0.307 e. The molecule has 5 nitrogen and oxygen atoms in total. The molecule has 0 bridgehead atoms. The summed E-state index contributed by atoms with van der Waals surface area (Å²) in [4.78, 5) is 31.5. The lowest BCUT2D eigenvalue weighted by atomic mass is 10.2. The molecule has 0 heterocycles. The quantitative estimate of drug-likeness (QED) is 0.686. The highest BCUT2D eigenvalue weighted by Gasteiger charge is 2.15. The third-order valence-corrected chi connectivity index (χ3v) is 1.60. The fourth-order valence-electron chi connectivity index (χ4n) is 0.932. The monoisotopic (exact) mass is 209 g/mol. The lowest BCUT2D eigenvalue weighted by Crippen LogP contribution is -2.30. The summed E-state index contributed by atoms with van der Waals surface area (Å²) in [5.41, 5.74) is 0.348. The summed E-state index contributed by atoms with van der Waals surface area (Å²) in [7, 11) is 1.24. The van der Waals surface area contributed by atoms with E-state index >= 15 is 0 Å². The molecule has 0 atom stereocenters. The van der Waals surface area contributed by atoms with Gasteiger partial charge in [-0.3, -0.25) is 4.79 Å². The summed E-state index contributed by atoms with van der Waals surface area (Å²) in [6.45, 7) is 1.22. The summed E-state index contributed by atoms with van der Waals surface area (Å²) in [5, 5.41) is 0.523. The lowest BCUT2D eigenvalue weighted by Gasteiger charge is -2.15. The first-order chi connectivity index (χ1) is 7.15. The van der Waals surface area contributed by atoms with E-state index in [0.29, 0.717) is 10.8 Å². The van der Waals surface area contributed by atoms with Crippen LogP contribution in [0.4, 0.5) is 0 Å². The van der Waals surface area contributed by atoms with Crippen LogP contribution in [0.25, 0.3) is 0 Å². The van der Waals surface area contributed by atoms with Crippen molar-refractivity contribution >= 4 is 11.9 Å². The number of carbonyl (C=O) groups excluding carboxylic acids is 2. The van der Waals surface area contributed by atoms with Crippen LogP contribution < -0.4 is 0 Å². The molecule has 0 radical (unpaired) electrons. The van der Waals surface area contributed by atoms with E-state index in [2.05, 4.69) is 9.68 Å². The molecule has 15 heavy (non-hydrogen) atoms. The van der Waals surface area contributed by atoms with Crippen LogP contribution in [0.2, 0.25) is 0 Å². The molecule has 0 spiro atoms. The smallest absolute Gasteiger partial charge is 0.307 e. The second-order valence-electron chi connectivity index (χ2n) is 2.70. The Morgan fingerprint density at radius 2 is 1.80 bits per heavy atom. The van der Waals surface area contributed by atoms with Gasteiger partial charge in [0.2, 0.25) is 0 Å². The number of carbonyl (C=O) groups is 2. The van der Waals surface area contributed by atoms with Gasteiger partial charge in [-0.1, -0.05) is 18.2 Å². The van der Waals surface area contributed by atoms with Gasteiger partial charge in [-0.05, 0) is 17.4 Å². The highest BCUT2D eigenvalue weighted by Crippen LogP contribution is 2.03. The fraction of sp³-hybridized carbons (Fsp3) is 0.200. The number of benzene rings is 1. The van der Waals surface area contributed by atoms with Gasteiger partial charge in [-0.2, -0.15) is 0 Å². The number of nitrogens with zero attached hydrogens (tertiary/aromatic N) is 1. The molecule has 0 saturated carbocycles. The molecule has 0 N–H and O–H groups in total. The van der Waals surface area contributed by atoms with Gasteiger partial charge in [0, 0.05) is 6.92 Å². The molecular formula is C10H11NO4. The lowest BCUT2D eigenvalue weighted by molar-refractivity contribution is -0.296. The van der Waals surface area contributed by atoms with Crippen molar-refractivity contribution in [2.45, 2.75) is 6.92 Å². The summed E-state index contributed by atoms with van der Waals surface area (Å²) in [6.07, 6.45) is 0. The second kappa shape index (κ2) is 5.11. The van der Waals surface area contributed by atoms with Crippen LogP contribution in [0, 0.1) is 0 Å². The number of hydroxylamine groups is 2. The maximum atomic E-state index is 11.4. The van der Waals surface area contributed by atoms with Gasteiger partial charge in [-0.15, -0.1) is 0 Å². The van der Waals surface area contributed by atoms with Crippen molar-refractivity contribution in [1.29, 1.82) is 0 Å². The number of rotatable bonds is 2. The molecule has 0 saturated heterocycles. The van der Waals surface area contributed by atoms with Crippen molar-refractivity contribution in [2.75, 3.05) is 7.11 Å². The zero-order chi connectivity index (χ0) is 11.3. The van der Waals surface area contributed by atoms with Gasteiger partial charge in [-0.25, -0.2) is 9.63 Å². The Morgan fingerprint density at radius 1 is 1.20 bits per heavy atom. The van der Waals surface area contributed by atoms with Crippen LogP contribution >= 0.6 is 0 Å². The Bertz CT molecular complexity index is 350. The molecule has 1 aromatic carbocycles. The van der Waals surface area contributed by atoms with Crippen LogP contribution in [0.3, 0.4) is 0 Å². The van der Waals surface area contributed by atoms with E-state index in [1.165, 1.54) is 14.0 Å². The molecule has 0 unspecified atom stereocenters. The summed E-state index contributed by atoms with van der Waals surface area (Å²) < 4.78 is 0. The molecule has 1 aromatic rings. The molecule has 1 rings (SSSR count). The van der Waals surface area contributed by atoms with Gasteiger partial charge in [0.15, 0.2) is 0 Å². The fourth-order valence-corrected chi connectivity index (χ4v) is 0.932. The van der Waals surface area contributed by atoms with Crippen molar-refractivity contribution in [3.63, 3.8) is 0 Å². The zero-order valence-corrected chi connectivity index (χ0v) is 8.47. The average molecular weight is 209 g/mol. The van der Waals surface area contributed by atoms with E-state index in [-0.39, 0.29) is 0 Å². The summed E-state index contributed by atoms with van der Waals surface area (Å²) in [5.74, 6) is -1.16. The Kier molecular flexibility index (Phi) is 3.82. The van der Waals surface area contributed by atoms with Gasteiger partial charge in [0.25, 0.3) is 5.91 Å². The highest BCUT2D eigenvalue weighted by atomic mass is 17.0. The van der Waals surface area contributed by atoms with Crippen molar-refractivity contribution in [1.82, 2.24) is 5.23 Å². The Hall–Kier alpha value is -1.88. The van der Waals surface area contributed by atoms with E-state index in [9.17, 15) is 9.59 Å². The van der Waals surface area contributed by atoms with Crippen LogP contribution in [-0.2, 0) is 14.5 Å². The van der Waals surface area contributed by atoms with Crippen LogP contribution in [0.5, 0.6) is 0 Å². The average Bonchev–Trinajstić information content (AvgIpc) is 2.26. The van der Waals surface area contributed by atoms with Crippen LogP contribution in [0.1, 0.15) is 17.3 Å². The molecule has 1 amide bonds. The van der Waals surface area contributed by atoms with E-state index in [4.69, 9.17) is 0 Å². The highest BCUT2D eigenvalue weighted by molar-refractivity contribution is 5.90. The van der Waals surface area contributed by atoms with E-state index in [1.54, 1.807) is 30.3 Å².